The second-order valence-corrected chi connectivity index (χ2v) is 5.68. The predicted octanol–water partition coefficient (Wildman–Crippen LogP) is 3.08. The summed E-state index contributed by atoms with van der Waals surface area (Å²) in [6.07, 6.45) is 0. The van der Waals surface area contributed by atoms with Crippen LogP contribution in [0.5, 0.6) is 5.75 Å². The Morgan fingerprint density at radius 3 is 2.52 bits per heavy atom. The summed E-state index contributed by atoms with van der Waals surface area (Å²) in [7, 11) is 1.29. The van der Waals surface area contributed by atoms with Gasteiger partial charge in [0.25, 0.3) is 11.5 Å². The van der Waals surface area contributed by atoms with E-state index in [1.165, 1.54) is 13.2 Å². The van der Waals surface area contributed by atoms with Crippen molar-refractivity contribution < 1.29 is 18.3 Å². The van der Waals surface area contributed by atoms with Gasteiger partial charge in [0.05, 0.1) is 18.9 Å². The first kappa shape index (κ1) is 18.2. The summed E-state index contributed by atoms with van der Waals surface area (Å²) < 4.78 is 32.6. The number of aryl methyl sites for hydroxylation is 1. The third-order valence-electron chi connectivity index (χ3n) is 3.85. The molecule has 1 heterocycles. The minimum absolute atomic E-state index is 0.0371. The Morgan fingerprint density at radius 1 is 1.11 bits per heavy atom. The minimum atomic E-state index is -1.10. The van der Waals surface area contributed by atoms with Crippen LogP contribution < -0.4 is 15.6 Å². The van der Waals surface area contributed by atoms with Gasteiger partial charge in [0.2, 0.25) is 0 Å². The van der Waals surface area contributed by atoms with Crippen LogP contribution in [0.25, 0.3) is 5.69 Å². The molecular weight excluding hydrogens is 356 g/mol. The molecule has 1 aromatic heterocycles. The lowest BCUT2D eigenvalue weighted by Crippen LogP contribution is -2.26. The second-order valence-electron chi connectivity index (χ2n) is 5.68. The first-order chi connectivity index (χ1) is 12.9. The van der Waals surface area contributed by atoms with Crippen molar-refractivity contribution in [3.63, 3.8) is 0 Å². The van der Waals surface area contributed by atoms with E-state index in [9.17, 15) is 18.4 Å². The van der Waals surface area contributed by atoms with Gasteiger partial charge >= 0.3 is 0 Å². The van der Waals surface area contributed by atoms with E-state index in [0.29, 0.717) is 5.69 Å². The number of aromatic nitrogens is 2. The number of ether oxygens (including phenoxy) is 1. The highest BCUT2D eigenvalue weighted by atomic mass is 19.2. The van der Waals surface area contributed by atoms with Gasteiger partial charge in [-0.05, 0) is 30.7 Å². The van der Waals surface area contributed by atoms with E-state index < -0.39 is 23.1 Å². The van der Waals surface area contributed by atoms with Crippen LogP contribution in [-0.2, 0) is 0 Å². The topological polar surface area (TPSA) is 73.2 Å². The van der Waals surface area contributed by atoms with Gasteiger partial charge in [0, 0.05) is 11.8 Å². The van der Waals surface area contributed by atoms with E-state index in [2.05, 4.69) is 10.4 Å². The van der Waals surface area contributed by atoms with Crippen molar-refractivity contribution in [2.24, 2.45) is 0 Å². The van der Waals surface area contributed by atoms with E-state index in [-0.39, 0.29) is 17.1 Å². The van der Waals surface area contributed by atoms with Crippen LogP contribution >= 0.6 is 0 Å². The van der Waals surface area contributed by atoms with E-state index >= 15 is 0 Å². The van der Waals surface area contributed by atoms with Crippen LogP contribution in [0.4, 0.5) is 14.5 Å². The van der Waals surface area contributed by atoms with Gasteiger partial charge in [-0.25, -0.2) is 8.78 Å². The molecule has 0 unspecified atom stereocenters. The number of hydrogen-bond acceptors (Lipinski definition) is 4. The van der Waals surface area contributed by atoms with Gasteiger partial charge in [-0.15, -0.1) is 0 Å². The number of nitrogens with one attached hydrogen (secondary N) is 1. The summed E-state index contributed by atoms with van der Waals surface area (Å²) in [5.74, 6) is -2.90. The van der Waals surface area contributed by atoms with Crippen LogP contribution in [0.15, 0.2) is 53.3 Å². The molecule has 0 aliphatic carbocycles. The maximum Gasteiger partial charge on any atom is 0.280 e. The third kappa shape index (κ3) is 3.69. The van der Waals surface area contributed by atoms with Gasteiger partial charge in [-0.1, -0.05) is 18.2 Å². The highest BCUT2D eigenvalue weighted by Crippen LogP contribution is 2.19. The van der Waals surface area contributed by atoms with E-state index in [1.807, 2.05) is 6.07 Å². The number of methoxy groups -OCH3 is 1. The molecule has 27 heavy (non-hydrogen) atoms. The maximum absolute atomic E-state index is 13.3. The third-order valence-corrected chi connectivity index (χ3v) is 3.85. The zero-order chi connectivity index (χ0) is 19.6. The van der Waals surface area contributed by atoms with Crippen LogP contribution in [0.3, 0.4) is 0 Å². The molecule has 2 aromatic carbocycles. The molecule has 0 radical (unpaired) electrons. The van der Waals surface area contributed by atoms with Crippen molar-refractivity contribution in [3.05, 3.63) is 81.8 Å². The average Bonchev–Trinajstić information content (AvgIpc) is 2.65. The Hall–Kier alpha value is -3.55. The van der Waals surface area contributed by atoms with Crippen molar-refractivity contribution in [1.82, 2.24) is 9.78 Å². The molecule has 0 spiro atoms. The molecule has 3 aromatic rings. The summed E-state index contributed by atoms with van der Waals surface area (Å²) in [4.78, 5) is 24.9. The Labute approximate surface area is 153 Å². The highest BCUT2D eigenvalue weighted by molar-refractivity contribution is 6.04. The van der Waals surface area contributed by atoms with Crippen molar-refractivity contribution in [2.45, 2.75) is 6.92 Å². The quantitative estimate of drug-likeness (QED) is 0.765. The summed E-state index contributed by atoms with van der Waals surface area (Å²) in [6, 6.07) is 11.1. The van der Waals surface area contributed by atoms with Crippen LogP contribution in [0.1, 0.15) is 16.1 Å². The number of hydrogen-bond donors (Lipinski definition) is 1. The van der Waals surface area contributed by atoms with Crippen molar-refractivity contribution >= 4 is 11.6 Å². The molecule has 0 aliphatic rings. The molecule has 0 saturated carbocycles. The average molecular weight is 371 g/mol. The zero-order valence-corrected chi connectivity index (χ0v) is 14.5. The highest BCUT2D eigenvalue weighted by Gasteiger charge is 2.19. The molecule has 3 rings (SSSR count). The lowest BCUT2D eigenvalue weighted by molar-refractivity contribution is 0.101. The monoisotopic (exact) mass is 371 g/mol. The largest absolute Gasteiger partial charge is 0.494 e. The SMILES string of the molecule is COc1cc(=O)n(-c2ccccc2C)nc1C(=O)Nc1ccc(F)c(F)c1. The molecule has 6 nitrogen and oxygen atoms in total. The Morgan fingerprint density at radius 2 is 1.85 bits per heavy atom. The van der Waals surface area contributed by atoms with Gasteiger partial charge in [0.1, 0.15) is 0 Å². The normalized spacial score (nSPS) is 10.5. The van der Waals surface area contributed by atoms with Crippen LogP contribution in [0, 0.1) is 18.6 Å². The maximum atomic E-state index is 13.3. The molecular formula is C19H15F2N3O3. The summed E-state index contributed by atoms with van der Waals surface area (Å²) in [5.41, 5.74) is 0.670. The molecule has 0 saturated heterocycles. The Balaban J connectivity index is 2.04. The molecule has 0 fully saturated rings. The smallest absolute Gasteiger partial charge is 0.280 e. The summed E-state index contributed by atoms with van der Waals surface area (Å²) >= 11 is 0. The van der Waals surface area contributed by atoms with Crippen LogP contribution in [-0.4, -0.2) is 22.8 Å². The molecule has 138 valence electrons. The van der Waals surface area contributed by atoms with Gasteiger partial charge < -0.3 is 10.1 Å². The summed E-state index contributed by atoms with van der Waals surface area (Å²) in [6.45, 7) is 1.80. The second kappa shape index (κ2) is 7.36. The number of nitrogens with zero attached hydrogens (tertiary/aromatic N) is 2. The number of anilines is 1. The lowest BCUT2D eigenvalue weighted by Gasteiger charge is -2.12. The standard InChI is InChI=1S/C19H15F2N3O3/c1-11-5-3-4-6-15(11)24-17(25)10-16(27-2)18(23-24)19(26)22-12-7-8-13(20)14(21)9-12/h3-10H,1-2H3,(H,22,26). The first-order valence-corrected chi connectivity index (χ1v) is 7.91. The minimum Gasteiger partial charge on any atom is -0.494 e. The first-order valence-electron chi connectivity index (χ1n) is 7.91. The lowest BCUT2D eigenvalue weighted by atomic mass is 10.2. The molecule has 0 bridgehead atoms. The summed E-state index contributed by atoms with van der Waals surface area (Å²) in [5, 5.41) is 6.52. The molecule has 1 amide bonds. The number of carbonyl (C=O) groups is 1. The predicted molar refractivity (Wildman–Crippen MR) is 95.4 cm³/mol. The van der Waals surface area contributed by atoms with E-state index in [0.717, 1.165) is 28.4 Å². The molecule has 0 atom stereocenters. The number of benzene rings is 2. The molecule has 8 heteroatoms. The number of para-hydroxylation sites is 1. The zero-order valence-electron chi connectivity index (χ0n) is 14.5. The van der Waals surface area contributed by atoms with Gasteiger partial charge in [0.15, 0.2) is 23.1 Å². The number of halogens is 2. The van der Waals surface area contributed by atoms with Crippen molar-refractivity contribution in [3.8, 4) is 11.4 Å². The molecule has 1 N–H and O–H groups in total. The van der Waals surface area contributed by atoms with Crippen LogP contribution in [0.2, 0.25) is 0 Å². The van der Waals surface area contributed by atoms with Gasteiger partial charge in [-0.3, -0.25) is 9.59 Å². The van der Waals surface area contributed by atoms with Crippen molar-refractivity contribution in [1.29, 1.82) is 0 Å². The fourth-order valence-corrected chi connectivity index (χ4v) is 2.49. The fourth-order valence-electron chi connectivity index (χ4n) is 2.49. The number of amides is 1. The fraction of sp³-hybridized carbons (Fsp3) is 0.105. The van der Waals surface area contributed by atoms with E-state index in [1.54, 1.807) is 25.1 Å². The number of carbonyl (C=O) groups excluding carboxylic acids is 1. The van der Waals surface area contributed by atoms with E-state index in [4.69, 9.17) is 4.74 Å². The number of rotatable bonds is 4. The Bertz CT molecular complexity index is 1080. The van der Waals surface area contributed by atoms with Gasteiger partial charge in [-0.2, -0.15) is 9.78 Å². The molecule has 0 aliphatic heterocycles. The Kier molecular flexibility index (Phi) is 4.98. The van der Waals surface area contributed by atoms with Crippen molar-refractivity contribution in [2.75, 3.05) is 12.4 Å².